The smallest absolute Gasteiger partial charge is 0.159 e. The van der Waals surface area contributed by atoms with E-state index < -0.39 is 0 Å². The van der Waals surface area contributed by atoms with Crippen molar-refractivity contribution in [3.8, 4) is 0 Å². The molecule has 0 aliphatic carbocycles. The number of carbonyl (C=O) groups excluding carboxylic acids is 1. The molecule has 0 fully saturated rings. The summed E-state index contributed by atoms with van der Waals surface area (Å²) in [6.07, 6.45) is 0. The lowest BCUT2D eigenvalue weighted by Gasteiger charge is -1.96. The van der Waals surface area contributed by atoms with Gasteiger partial charge < -0.3 is 0 Å². The van der Waals surface area contributed by atoms with E-state index in [1.807, 2.05) is 39.8 Å². The van der Waals surface area contributed by atoms with Crippen molar-refractivity contribution in [1.29, 1.82) is 0 Å². The first-order valence-corrected chi connectivity index (χ1v) is 5.93. The minimum Gasteiger partial charge on any atom is -0.295 e. The summed E-state index contributed by atoms with van der Waals surface area (Å²) in [6.45, 7) is 9.55. The van der Waals surface area contributed by atoms with Crippen LogP contribution >= 0.6 is 11.6 Å². The zero-order valence-corrected chi connectivity index (χ0v) is 11.1. The quantitative estimate of drug-likeness (QED) is 0.531. The minimum atomic E-state index is 0.0890. The largest absolute Gasteiger partial charge is 0.295 e. The fourth-order valence-electron chi connectivity index (χ4n) is 0.829. The van der Waals surface area contributed by atoms with E-state index >= 15 is 0 Å². The molecule has 0 atom stereocenters. The highest BCUT2D eigenvalue weighted by molar-refractivity contribution is 6.17. The summed E-state index contributed by atoms with van der Waals surface area (Å²) in [6, 6.07) is 7.31. The molecule has 0 aromatic heterocycles. The molecular weight excluding hydrogens is 208 g/mol. The van der Waals surface area contributed by atoms with Gasteiger partial charge in [-0.3, -0.25) is 4.79 Å². The lowest BCUT2D eigenvalue weighted by atomic mass is 10.1. The van der Waals surface area contributed by atoms with Crippen LogP contribution in [-0.2, 0) is 5.88 Å². The van der Waals surface area contributed by atoms with Crippen molar-refractivity contribution < 1.29 is 4.79 Å². The fraction of sp³-hybridized carbons (Fsp3) is 0.462. The van der Waals surface area contributed by atoms with Gasteiger partial charge in [0.25, 0.3) is 0 Å². The monoisotopic (exact) mass is 228 g/mol. The van der Waals surface area contributed by atoms with Crippen molar-refractivity contribution >= 4 is 17.4 Å². The summed E-state index contributed by atoms with van der Waals surface area (Å²) in [5.74, 6) is 0.587. The first-order valence-electron chi connectivity index (χ1n) is 5.40. The van der Waals surface area contributed by atoms with Gasteiger partial charge in [-0.05, 0) is 12.5 Å². The lowest BCUT2D eigenvalue weighted by Crippen LogP contribution is -1.90. The van der Waals surface area contributed by atoms with Gasteiger partial charge in [-0.2, -0.15) is 0 Å². The summed E-state index contributed by atoms with van der Waals surface area (Å²) in [4.78, 5) is 10.8. The van der Waals surface area contributed by atoms with Gasteiger partial charge >= 0.3 is 0 Å². The highest BCUT2D eigenvalue weighted by atomic mass is 35.5. The molecule has 1 aromatic rings. The number of alkyl halides is 1. The maximum atomic E-state index is 10.8. The van der Waals surface area contributed by atoms with Gasteiger partial charge in [-0.1, -0.05) is 52.0 Å². The standard InChI is InChI=1S/C9H9ClO.2C2H6/c1-7(11)9-4-2-8(6-10)3-5-9;2*1-2/h2-5H,6H2,1H3;2*1-2H3. The lowest BCUT2D eigenvalue weighted by molar-refractivity contribution is 0.101. The van der Waals surface area contributed by atoms with Crippen molar-refractivity contribution in [2.75, 3.05) is 0 Å². The number of rotatable bonds is 2. The number of carbonyl (C=O) groups is 1. The van der Waals surface area contributed by atoms with Gasteiger partial charge in [0.05, 0.1) is 0 Å². The summed E-state index contributed by atoms with van der Waals surface area (Å²) < 4.78 is 0. The van der Waals surface area contributed by atoms with Gasteiger partial charge in [-0.15, -0.1) is 11.6 Å². The van der Waals surface area contributed by atoms with E-state index in [1.165, 1.54) is 0 Å². The molecule has 2 heteroatoms. The normalized spacial score (nSPS) is 7.87. The van der Waals surface area contributed by atoms with Crippen molar-refractivity contribution in [3.05, 3.63) is 35.4 Å². The Morgan fingerprint density at radius 3 is 1.73 bits per heavy atom. The van der Waals surface area contributed by atoms with Crippen molar-refractivity contribution in [2.45, 2.75) is 40.5 Å². The second-order valence-electron chi connectivity index (χ2n) is 2.39. The van der Waals surface area contributed by atoms with Gasteiger partial charge in [0, 0.05) is 11.4 Å². The van der Waals surface area contributed by atoms with Gasteiger partial charge in [0.15, 0.2) is 5.78 Å². The van der Waals surface area contributed by atoms with Crippen LogP contribution in [0.15, 0.2) is 24.3 Å². The maximum absolute atomic E-state index is 10.8. The molecule has 0 saturated carbocycles. The van der Waals surface area contributed by atoms with Crippen LogP contribution in [0.3, 0.4) is 0 Å². The Bertz CT molecular complexity index is 252. The summed E-state index contributed by atoms with van der Waals surface area (Å²) in [5.41, 5.74) is 1.77. The van der Waals surface area contributed by atoms with Crippen LogP contribution in [0, 0.1) is 0 Å². The molecule has 0 saturated heterocycles. The Labute approximate surface area is 98.5 Å². The molecule has 1 aromatic carbocycles. The summed E-state index contributed by atoms with van der Waals surface area (Å²) >= 11 is 5.57. The third-order valence-corrected chi connectivity index (χ3v) is 1.82. The molecule has 0 radical (unpaired) electrons. The minimum absolute atomic E-state index is 0.0890. The van der Waals surface area contributed by atoms with E-state index in [9.17, 15) is 4.79 Å². The van der Waals surface area contributed by atoms with Gasteiger partial charge in [0.1, 0.15) is 0 Å². The zero-order valence-electron chi connectivity index (χ0n) is 10.3. The van der Waals surface area contributed by atoms with Crippen LogP contribution in [-0.4, -0.2) is 5.78 Å². The van der Waals surface area contributed by atoms with E-state index in [2.05, 4.69) is 0 Å². The SMILES string of the molecule is CC.CC.CC(=O)c1ccc(CCl)cc1. The molecule has 0 amide bonds. The Morgan fingerprint density at radius 2 is 1.47 bits per heavy atom. The molecule has 0 bridgehead atoms. The van der Waals surface area contributed by atoms with Crippen LogP contribution in [0.25, 0.3) is 0 Å². The Kier molecular flexibility index (Phi) is 12.5. The molecule has 0 unspecified atom stereocenters. The van der Waals surface area contributed by atoms with Crippen LogP contribution in [0.4, 0.5) is 0 Å². The molecule has 0 aliphatic heterocycles. The first-order chi connectivity index (χ1) is 7.24. The van der Waals surface area contributed by atoms with Crippen LogP contribution in [0.1, 0.15) is 50.5 Å². The Morgan fingerprint density at radius 1 is 1.07 bits per heavy atom. The van der Waals surface area contributed by atoms with Crippen LogP contribution in [0.5, 0.6) is 0 Å². The van der Waals surface area contributed by atoms with Gasteiger partial charge in [0.2, 0.25) is 0 Å². The number of halogens is 1. The zero-order chi connectivity index (χ0) is 12.3. The summed E-state index contributed by atoms with van der Waals surface area (Å²) in [7, 11) is 0. The Hall–Kier alpha value is -0.820. The molecule has 0 N–H and O–H groups in total. The van der Waals surface area contributed by atoms with Crippen LogP contribution in [0.2, 0.25) is 0 Å². The number of hydrogen-bond acceptors (Lipinski definition) is 1. The molecule has 86 valence electrons. The van der Waals surface area contributed by atoms with E-state index in [0.29, 0.717) is 5.88 Å². The van der Waals surface area contributed by atoms with Crippen LogP contribution < -0.4 is 0 Å². The average molecular weight is 229 g/mol. The summed E-state index contributed by atoms with van der Waals surface area (Å²) in [5, 5.41) is 0. The molecule has 0 aliphatic rings. The number of Topliss-reactive ketones (excluding diaryl/α,β-unsaturated/α-hetero) is 1. The fourth-order valence-corrected chi connectivity index (χ4v) is 1.01. The van der Waals surface area contributed by atoms with E-state index in [-0.39, 0.29) is 5.78 Å². The average Bonchev–Trinajstić information content (AvgIpc) is 2.34. The molecule has 1 rings (SSSR count). The van der Waals surface area contributed by atoms with Crippen molar-refractivity contribution in [3.63, 3.8) is 0 Å². The predicted molar refractivity (Wildman–Crippen MR) is 68.7 cm³/mol. The first kappa shape index (κ1) is 16.6. The van der Waals surface area contributed by atoms with Crippen molar-refractivity contribution in [1.82, 2.24) is 0 Å². The third-order valence-electron chi connectivity index (χ3n) is 1.51. The van der Waals surface area contributed by atoms with E-state index in [0.717, 1.165) is 11.1 Å². The maximum Gasteiger partial charge on any atom is 0.159 e. The molecule has 0 spiro atoms. The second-order valence-corrected chi connectivity index (χ2v) is 2.65. The van der Waals surface area contributed by atoms with E-state index in [1.54, 1.807) is 19.1 Å². The second kappa shape index (κ2) is 11.3. The number of benzene rings is 1. The molecule has 15 heavy (non-hydrogen) atoms. The number of ketones is 1. The van der Waals surface area contributed by atoms with Crippen molar-refractivity contribution in [2.24, 2.45) is 0 Å². The Balaban J connectivity index is 0. The highest BCUT2D eigenvalue weighted by Gasteiger charge is 1.96. The molecule has 1 nitrogen and oxygen atoms in total. The predicted octanol–water partition coefficient (Wildman–Crippen LogP) is 4.68. The highest BCUT2D eigenvalue weighted by Crippen LogP contribution is 2.06. The third kappa shape index (κ3) is 7.15. The van der Waals surface area contributed by atoms with E-state index in [4.69, 9.17) is 11.6 Å². The molecular formula is C13H21ClO. The topological polar surface area (TPSA) is 17.1 Å². The van der Waals surface area contributed by atoms with Gasteiger partial charge in [-0.25, -0.2) is 0 Å². The molecule has 0 heterocycles. The number of hydrogen-bond donors (Lipinski definition) is 0.